The minimum Gasteiger partial charge on any atom is -0.326 e. The number of para-hydroxylation sites is 1. The molecule has 4 nitrogen and oxygen atoms in total. The minimum atomic E-state index is -0.0903. The summed E-state index contributed by atoms with van der Waals surface area (Å²) in [6, 6.07) is 13.9. The Hall–Kier alpha value is -2.62. The van der Waals surface area contributed by atoms with E-state index in [1.807, 2.05) is 56.3 Å². The second-order valence-electron chi connectivity index (χ2n) is 6.98. The van der Waals surface area contributed by atoms with E-state index in [4.69, 9.17) is 0 Å². The number of hydrogen-bond acceptors (Lipinski definition) is 2. The molecule has 0 fully saturated rings. The van der Waals surface area contributed by atoms with Gasteiger partial charge in [-0.25, -0.2) is 0 Å². The molecule has 2 amide bonds. The van der Waals surface area contributed by atoms with Crippen molar-refractivity contribution in [1.82, 2.24) is 0 Å². The van der Waals surface area contributed by atoms with Crippen LogP contribution in [0.15, 0.2) is 42.5 Å². The Bertz CT molecular complexity index is 759. The third-order valence-electron chi connectivity index (χ3n) is 4.56. The van der Waals surface area contributed by atoms with E-state index >= 15 is 0 Å². The van der Waals surface area contributed by atoms with Crippen LogP contribution in [0.3, 0.4) is 0 Å². The molecule has 0 aliphatic carbocycles. The first-order valence-corrected chi connectivity index (χ1v) is 9.03. The van der Waals surface area contributed by atoms with Crippen molar-refractivity contribution < 1.29 is 9.59 Å². The zero-order chi connectivity index (χ0) is 19.3. The van der Waals surface area contributed by atoms with Gasteiger partial charge in [-0.1, -0.05) is 44.2 Å². The lowest BCUT2D eigenvalue weighted by Gasteiger charge is -2.22. The molecule has 0 atom stereocenters. The fraction of sp³-hybridized carbons (Fsp3) is 0.364. The number of nitrogens with one attached hydrogen (secondary N) is 1. The van der Waals surface area contributed by atoms with E-state index in [2.05, 4.69) is 19.2 Å². The SMILES string of the molecule is CC(=O)N(CCC(=O)Nc1c(C)cccc1C)c1ccc(C(C)C)cc1. The second kappa shape index (κ2) is 8.65. The molecule has 0 bridgehead atoms. The number of rotatable bonds is 6. The zero-order valence-electron chi connectivity index (χ0n) is 16.3. The summed E-state index contributed by atoms with van der Waals surface area (Å²) >= 11 is 0. The van der Waals surface area contributed by atoms with Crippen LogP contribution >= 0.6 is 0 Å². The lowest BCUT2D eigenvalue weighted by Crippen LogP contribution is -2.32. The lowest BCUT2D eigenvalue weighted by molar-refractivity contribution is -0.117. The van der Waals surface area contributed by atoms with E-state index in [1.165, 1.54) is 12.5 Å². The number of carbonyl (C=O) groups excluding carboxylic acids is 2. The van der Waals surface area contributed by atoms with Crippen LogP contribution < -0.4 is 10.2 Å². The van der Waals surface area contributed by atoms with Crippen LogP contribution in [-0.4, -0.2) is 18.4 Å². The molecule has 2 aromatic carbocycles. The molecule has 0 aliphatic rings. The van der Waals surface area contributed by atoms with Gasteiger partial charge in [-0.2, -0.15) is 0 Å². The van der Waals surface area contributed by atoms with Crippen molar-refractivity contribution in [1.29, 1.82) is 0 Å². The largest absolute Gasteiger partial charge is 0.326 e. The third kappa shape index (κ3) is 4.94. The first-order valence-electron chi connectivity index (χ1n) is 9.03. The molecule has 1 N–H and O–H groups in total. The van der Waals surface area contributed by atoms with Crippen molar-refractivity contribution in [3.05, 3.63) is 59.2 Å². The second-order valence-corrected chi connectivity index (χ2v) is 6.98. The molecule has 0 heterocycles. The van der Waals surface area contributed by atoms with Crippen LogP contribution in [0, 0.1) is 13.8 Å². The maximum Gasteiger partial charge on any atom is 0.226 e. The molecule has 0 aliphatic heterocycles. The van der Waals surface area contributed by atoms with E-state index in [9.17, 15) is 9.59 Å². The van der Waals surface area contributed by atoms with Crippen molar-refractivity contribution >= 4 is 23.2 Å². The van der Waals surface area contributed by atoms with Crippen LogP contribution in [0.5, 0.6) is 0 Å². The highest BCUT2D eigenvalue weighted by Crippen LogP contribution is 2.22. The van der Waals surface area contributed by atoms with Gasteiger partial charge in [-0.3, -0.25) is 9.59 Å². The number of hydrogen-bond donors (Lipinski definition) is 1. The van der Waals surface area contributed by atoms with Gasteiger partial charge < -0.3 is 10.2 Å². The summed E-state index contributed by atoms with van der Waals surface area (Å²) in [5, 5.41) is 2.97. The normalized spacial score (nSPS) is 10.7. The Balaban J connectivity index is 2.04. The van der Waals surface area contributed by atoms with Crippen LogP contribution in [0.4, 0.5) is 11.4 Å². The molecule has 2 rings (SSSR count). The van der Waals surface area contributed by atoms with E-state index in [1.54, 1.807) is 4.90 Å². The van der Waals surface area contributed by atoms with Crippen molar-refractivity contribution in [2.24, 2.45) is 0 Å². The summed E-state index contributed by atoms with van der Waals surface area (Å²) < 4.78 is 0. The van der Waals surface area contributed by atoms with Gasteiger partial charge in [0.25, 0.3) is 0 Å². The van der Waals surface area contributed by atoms with Gasteiger partial charge in [-0.05, 0) is 48.6 Å². The highest BCUT2D eigenvalue weighted by Gasteiger charge is 2.15. The van der Waals surface area contributed by atoms with Gasteiger partial charge in [0.1, 0.15) is 0 Å². The van der Waals surface area contributed by atoms with Crippen LogP contribution in [0.2, 0.25) is 0 Å². The van der Waals surface area contributed by atoms with Gasteiger partial charge in [-0.15, -0.1) is 0 Å². The van der Waals surface area contributed by atoms with Crippen LogP contribution in [-0.2, 0) is 9.59 Å². The molecule has 2 aromatic rings. The molecule has 0 spiro atoms. The highest BCUT2D eigenvalue weighted by molar-refractivity contribution is 5.95. The zero-order valence-corrected chi connectivity index (χ0v) is 16.3. The summed E-state index contributed by atoms with van der Waals surface area (Å²) in [5.74, 6) is 0.285. The Morgan fingerprint density at radius 2 is 1.58 bits per heavy atom. The summed E-state index contributed by atoms with van der Waals surface area (Å²) in [6.07, 6.45) is 0.249. The highest BCUT2D eigenvalue weighted by atomic mass is 16.2. The molecule has 0 radical (unpaired) electrons. The molecule has 0 saturated heterocycles. The summed E-state index contributed by atoms with van der Waals surface area (Å²) in [5.41, 5.74) is 4.97. The summed E-state index contributed by atoms with van der Waals surface area (Å²) in [4.78, 5) is 26.1. The van der Waals surface area contributed by atoms with E-state index in [0.717, 1.165) is 22.5 Å². The average Bonchev–Trinajstić information content (AvgIpc) is 2.58. The number of aryl methyl sites for hydroxylation is 2. The van der Waals surface area contributed by atoms with Crippen molar-refractivity contribution in [3.8, 4) is 0 Å². The van der Waals surface area contributed by atoms with Crippen LogP contribution in [0.25, 0.3) is 0 Å². The monoisotopic (exact) mass is 352 g/mol. The van der Waals surface area contributed by atoms with E-state index in [0.29, 0.717) is 12.5 Å². The fourth-order valence-electron chi connectivity index (χ4n) is 2.93. The minimum absolute atomic E-state index is 0.0674. The molecule has 0 unspecified atom stereocenters. The number of amides is 2. The van der Waals surface area contributed by atoms with Gasteiger partial charge in [0, 0.05) is 31.3 Å². The molecule has 138 valence electrons. The molecule has 4 heteroatoms. The number of benzene rings is 2. The first-order chi connectivity index (χ1) is 12.3. The van der Waals surface area contributed by atoms with Crippen LogP contribution in [0.1, 0.15) is 49.8 Å². The summed E-state index contributed by atoms with van der Waals surface area (Å²) in [6.45, 7) is 10.1. The van der Waals surface area contributed by atoms with Crippen molar-refractivity contribution in [3.63, 3.8) is 0 Å². The van der Waals surface area contributed by atoms with Gasteiger partial charge in [0.2, 0.25) is 11.8 Å². The standard InChI is InChI=1S/C22H28N2O2/c1-15(2)19-9-11-20(12-10-19)24(18(5)25)14-13-21(26)23-22-16(3)7-6-8-17(22)4/h6-12,15H,13-14H2,1-5H3,(H,23,26). The predicted octanol–water partition coefficient (Wildman–Crippen LogP) is 4.81. The third-order valence-corrected chi connectivity index (χ3v) is 4.56. The molecular formula is C22H28N2O2. The molecule has 26 heavy (non-hydrogen) atoms. The van der Waals surface area contributed by atoms with Gasteiger partial charge in [0.15, 0.2) is 0 Å². The average molecular weight is 352 g/mol. The first kappa shape index (κ1) is 19.7. The predicted molar refractivity (Wildman–Crippen MR) is 108 cm³/mol. The topological polar surface area (TPSA) is 49.4 Å². The number of anilines is 2. The van der Waals surface area contributed by atoms with Gasteiger partial charge >= 0.3 is 0 Å². The molecule has 0 aromatic heterocycles. The van der Waals surface area contributed by atoms with E-state index < -0.39 is 0 Å². The molecular weight excluding hydrogens is 324 g/mol. The van der Waals surface area contributed by atoms with Gasteiger partial charge in [0.05, 0.1) is 0 Å². The Morgan fingerprint density at radius 3 is 2.08 bits per heavy atom. The number of carbonyl (C=O) groups is 2. The fourth-order valence-corrected chi connectivity index (χ4v) is 2.93. The quantitative estimate of drug-likeness (QED) is 0.811. The van der Waals surface area contributed by atoms with Crippen molar-refractivity contribution in [2.75, 3.05) is 16.8 Å². The number of nitrogens with zero attached hydrogens (tertiary/aromatic N) is 1. The Morgan fingerprint density at radius 1 is 1.00 bits per heavy atom. The van der Waals surface area contributed by atoms with Crippen molar-refractivity contribution in [2.45, 2.75) is 47.0 Å². The maximum atomic E-state index is 12.4. The lowest BCUT2D eigenvalue weighted by atomic mass is 10.0. The Kier molecular flexibility index (Phi) is 6.56. The maximum absolute atomic E-state index is 12.4. The van der Waals surface area contributed by atoms with E-state index in [-0.39, 0.29) is 18.2 Å². The smallest absolute Gasteiger partial charge is 0.226 e. The Labute approximate surface area is 156 Å². The summed E-state index contributed by atoms with van der Waals surface area (Å²) in [7, 11) is 0. The molecule has 0 saturated carbocycles.